The molecule has 1 heterocycles. The number of fused-ring (bicyclic) bond motifs is 1. The molecule has 0 saturated carbocycles. The standard InChI is InChI=1S/C16H16ClNO3S/c1-2-21-16-8-7-13(11-14(16)17)22(19,20)18-10-9-12-5-3-4-6-15(12)18/h3-8,11H,2,9-10H2,1H3. The molecule has 4 nitrogen and oxygen atoms in total. The van der Waals surface area contributed by atoms with Crippen molar-refractivity contribution in [1.29, 1.82) is 0 Å². The molecule has 0 atom stereocenters. The molecule has 2 aromatic carbocycles. The van der Waals surface area contributed by atoms with Gasteiger partial charge in [-0.2, -0.15) is 0 Å². The third-order valence-electron chi connectivity index (χ3n) is 3.64. The van der Waals surface area contributed by atoms with Crippen molar-refractivity contribution in [2.75, 3.05) is 17.5 Å². The van der Waals surface area contributed by atoms with E-state index in [0.717, 1.165) is 17.7 Å². The first-order valence-electron chi connectivity index (χ1n) is 7.07. The Morgan fingerprint density at radius 2 is 2.00 bits per heavy atom. The summed E-state index contributed by atoms with van der Waals surface area (Å²) in [4.78, 5) is 0.178. The Morgan fingerprint density at radius 3 is 2.73 bits per heavy atom. The van der Waals surface area contributed by atoms with E-state index in [4.69, 9.17) is 16.3 Å². The molecular formula is C16H16ClNO3S. The first-order valence-corrected chi connectivity index (χ1v) is 8.89. The molecule has 0 spiro atoms. The number of hydrogen-bond donors (Lipinski definition) is 0. The average molecular weight is 338 g/mol. The third kappa shape index (κ3) is 2.55. The molecule has 0 saturated heterocycles. The van der Waals surface area contributed by atoms with E-state index in [1.54, 1.807) is 6.07 Å². The number of sulfonamides is 1. The van der Waals surface area contributed by atoms with Crippen molar-refractivity contribution in [3.8, 4) is 5.75 Å². The molecule has 0 bridgehead atoms. The van der Waals surface area contributed by atoms with Crippen molar-refractivity contribution in [2.24, 2.45) is 0 Å². The van der Waals surface area contributed by atoms with Gasteiger partial charge in [-0.25, -0.2) is 8.42 Å². The number of benzene rings is 2. The summed E-state index contributed by atoms with van der Waals surface area (Å²) in [7, 11) is -3.61. The first-order chi connectivity index (χ1) is 10.5. The van der Waals surface area contributed by atoms with Crippen LogP contribution in [0.1, 0.15) is 12.5 Å². The molecule has 0 fully saturated rings. The summed E-state index contributed by atoms with van der Waals surface area (Å²) in [5.74, 6) is 0.491. The van der Waals surface area contributed by atoms with Gasteiger partial charge >= 0.3 is 0 Å². The minimum absolute atomic E-state index is 0.178. The number of hydrogen-bond acceptors (Lipinski definition) is 3. The van der Waals surface area contributed by atoms with E-state index in [-0.39, 0.29) is 4.90 Å². The van der Waals surface area contributed by atoms with Crippen LogP contribution in [0, 0.1) is 0 Å². The Balaban J connectivity index is 1.99. The van der Waals surface area contributed by atoms with Crippen LogP contribution in [-0.2, 0) is 16.4 Å². The number of ether oxygens (including phenoxy) is 1. The second-order valence-electron chi connectivity index (χ2n) is 4.98. The first kappa shape index (κ1) is 15.2. The normalized spacial score (nSPS) is 14.0. The summed E-state index contributed by atoms with van der Waals surface area (Å²) in [6.07, 6.45) is 0.722. The maximum absolute atomic E-state index is 12.8. The van der Waals surface area contributed by atoms with E-state index >= 15 is 0 Å². The van der Waals surface area contributed by atoms with Gasteiger partial charge in [0, 0.05) is 6.54 Å². The Kier molecular flexibility index (Phi) is 4.02. The van der Waals surface area contributed by atoms with Crippen LogP contribution in [0.5, 0.6) is 5.75 Å². The highest BCUT2D eigenvalue weighted by Crippen LogP contribution is 2.34. The Hall–Kier alpha value is -1.72. The average Bonchev–Trinajstić information content (AvgIpc) is 2.94. The van der Waals surface area contributed by atoms with Gasteiger partial charge in [0.15, 0.2) is 0 Å². The van der Waals surface area contributed by atoms with Gasteiger partial charge in [0.05, 0.1) is 22.2 Å². The summed E-state index contributed by atoms with van der Waals surface area (Å²) in [5.41, 5.74) is 1.79. The Labute approximate surface area is 135 Å². The smallest absolute Gasteiger partial charge is 0.264 e. The van der Waals surface area contributed by atoms with Crippen molar-refractivity contribution >= 4 is 27.3 Å². The zero-order chi connectivity index (χ0) is 15.7. The summed E-state index contributed by atoms with van der Waals surface area (Å²) in [6.45, 7) is 2.78. The lowest BCUT2D eigenvalue weighted by Crippen LogP contribution is -2.29. The van der Waals surface area contributed by atoms with Crippen LogP contribution in [0.4, 0.5) is 5.69 Å². The number of halogens is 1. The van der Waals surface area contributed by atoms with Crippen molar-refractivity contribution in [1.82, 2.24) is 0 Å². The van der Waals surface area contributed by atoms with E-state index in [1.165, 1.54) is 16.4 Å². The van der Waals surface area contributed by atoms with Crippen molar-refractivity contribution in [3.63, 3.8) is 0 Å². The maximum atomic E-state index is 12.8. The van der Waals surface area contributed by atoms with Crippen LogP contribution in [0.3, 0.4) is 0 Å². The lowest BCUT2D eigenvalue weighted by atomic mass is 10.2. The zero-order valence-corrected chi connectivity index (χ0v) is 13.7. The maximum Gasteiger partial charge on any atom is 0.264 e. The lowest BCUT2D eigenvalue weighted by molar-refractivity contribution is 0.340. The molecule has 0 aliphatic carbocycles. The molecule has 6 heteroatoms. The summed E-state index contributed by atoms with van der Waals surface area (Å²) >= 11 is 6.11. The van der Waals surface area contributed by atoms with E-state index in [2.05, 4.69) is 0 Å². The second kappa shape index (κ2) is 5.82. The summed E-state index contributed by atoms with van der Waals surface area (Å²) in [5, 5.41) is 0.301. The van der Waals surface area contributed by atoms with Crippen molar-refractivity contribution in [3.05, 3.63) is 53.1 Å². The van der Waals surface area contributed by atoms with Gasteiger partial charge in [-0.1, -0.05) is 29.8 Å². The fraction of sp³-hybridized carbons (Fsp3) is 0.250. The highest BCUT2D eigenvalue weighted by molar-refractivity contribution is 7.92. The van der Waals surface area contributed by atoms with Crippen LogP contribution in [0.15, 0.2) is 47.4 Å². The van der Waals surface area contributed by atoms with Crippen LogP contribution in [0.2, 0.25) is 5.02 Å². The molecule has 1 aliphatic rings. The molecule has 0 amide bonds. The predicted molar refractivity (Wildman–Crippen MR) is 87.3 cm³/mol. The minimum atomic E-state index is -3.61. The highest BCUT2D eigenvalue weighted by atomic mass is 35.5. The van der Waals surface area contributed by atoms with E-state index < -0.39 is 10.0 Å². The molecule has 2 aromatic rings. The van der Waals surface area contributed by atoms with E-state index in [0.29, 0.717) is 23.9 Å². The zero-order valence-electron chi connectivity index (χ0n) is 12.1. The fourth-order valence-corrected chi connectivity index (χ4v) is 4.43. The lowest BCUT2D eigenvalue weighted by Gasteiger charge is -2.20. The van der Waals surface area contributed by atoms with Gasteiger partial charge in [-0.15, -0.1) is 0 Å². The highest BCUT2D eigenvalue weighted by Gasteiger charge is 2.30. The van der Waals surface area contributed by atoms with Gasteiger partial charge in [0.2, 0.25) is 0 Å². The van der Waals surface area contributed by atoms with Crippen LogP contribution in [-0.4, -0.2) is 21.6 Å². The number of rotatable bonds is 4. The predicted octanol–water partition coefficient (Wildman–Crippen LogP) is 3.49. The van der Waals surface area contributed by atoms with Gasteiger partial charge in [0.1, 0.15) is 5.75 Å². The SMILES string of the molecule is CCOc1ccc(S(=O)(=O)N2CCc3ccccc32)cc1Cl. The molecule has 116 valence electrons. The molecule has 1 aliphatic heterocycles. The van der Waals surface area contributed by atoms with Gasteiger partial charge in [-0.05, 0) is 43.2 Å². The van der Waals surface area contributed by atoms with Gasteiger partial charge < -0.3 is 4.74 Å². The monoisotopic (exact) mass is 337 g/mol. The summed E-state index contributed by atoms with van der Waals surface area (Å²) < 4.78 is 32.5. The molecule has 0 radical (unpaired) electrons. The van der Waals surface area contributed by atoms with Gasteiger partial charge in [0.25, 0.3) is 10.0 Å². The van der Waals surface area contributed by atoms with Crippen LogP contribution < -0.4 is 9.04 Å². The quantitative estimate of drug-likeness (QED) is 0.858. The van der Waals surface area contributed by atoms with Gasteiger partial charge in [-0.3, -0.25) is 4.31 Å². The van der Waals surface area contributed by atoms with Crippen molar-refractivity contribution in [2.45, 2.75) is 18.2 Å². The molecule has 0 N–H and O–H groups in total. The molecule has 22 heavy (non-hydrogen) atoms. The molecule has 3 rings (SSSR count). The van der Waals surface area contributed by atoms with Crippen LogP contribution in [0.25, 0.3) is 0 Å². The summed E-state index contributed by atoms with van der Waals surface area (Å²) in [6, 6.07) is 12.1. The van der Waals surface area contributed by atoms with Crippen molar-refractivity contribution < 1.29 is 13.2 Å². The number of anilines is 1. The minimum Gasteiger partial charge on any atom is -0.492 e. The second-order valence-corrected chi connectivity index (χ2v) is 7.25. The topological polar surface area (TPSA) is 46.6 Å². The fourth-order valence-electron chi connectivity index (χ4n) is 2.60. The molecule has 0 unspecified atom stereocenters. The van der Waals surface area contributed by atoms with E-state index in [9.17, 15) is 8.42 Å². The Bertz CT molecular complexity index is 805. The largest absolute Gasteiger partial charge is 0.492 e. The number of nitrogens with zero attached hydrogens (tertiary/aromatic N) is 1. The van der Waals surface area contributed by atoms with E-state index in [1.807, 2.05) is 31.2 Å². The Morgan fingerprint density at radius 1 is 1.23 bits per heavy atom. The molecule has 0 aromatic heterocycles. The third-order valence-corrected chi connectivity index (χ3v) is 5.74. The molecular weight excluding hydrogens is 322 g/mol. The van der Waals surface area contributed by atoms with Crippen LogP contribution >= 0.6 is 11.6 Å². The number of para-hydroxylation sites is 1.